The molecule has 0 aliphatic rings. The van der Waals surface area contributed by atoms with Crippen LogP contribution in [0.2, 0.25) is 5.02 Å². The van der Waals surface area contributed by atoms with E-state index in [2.05, 4.69) is 5.32 Å². The number of aromatic nitrogens is 3. The molecule has 0 unspecified atom stereocenters. The molecule has 33 heavy (non-hydrogen) atoms. The minimum absolute atomic E-state index is 0.00930. The van der Waals surface area contributed by atoms with Crippen molar-refractivity contribution < 1.29 is 4.79 Å². The van der Waals surface area contributed by atoms with Crippen LogP contribution in [0.25, 0.3) is 28.1 Å². The van der Waals surface area contributed by atoms with Crippen LogP contribution in [0.1, 0.15) is 11.1 Å². The van der Waals surface area contributed by atoms with E-state index in [-0.39, 0.29) is 18.0 Å². The average Bonchev–Trinajstić information content (AvgIpc) is 3.10. The van der Waals surface area contributed by atoms with Gasteiger partial charge in [-0.25, -0.2) is 9.38 Å². The van der Waals surface area contributed by atoms with E-state index in [0.717, 1.165) is 27.9 Å². The number of amides is 1. The molecule has 0 bridgehead atoms. The van der Waals surface area contributed by atoms with Crippen LogP contribution < -0.4 is 10.9 Å². The first-order valence-corrected chi connectivity index (χ1v) is 10.9. The molecule has 0 spiro atoms. The summed E-state index contributed by atoms with van der Waals surface area (Å²) in [6.45, 7) is 4.04. The fraction of sp³-hybridized carbons (Fsp3) is 0.115. The van der Waals surface area contributed by atoms with E-state index in [9.17, 15) is 9.59 Å². The van der Waals surface area contributed by atoms with Crippen LogP contribution in [0.5, 0.6) is 0 Å². The molecule has 1 amide bonds. The molecule has 7 heteroatoms. The molecular weight excluding hydrogens is 436 g/mol. The van der Waals surface area contributed by atoms with Gasteiger partial charge in [0, 0.05) is 22.3 Å². The molecule has 5 rings (SSSR count). The minimum Gasteiger partial charge on any atom is -0.325 e. The maximum atomic E-state index is 13.1. The van der Waals surface area contributed by atoms with Crippen LogP contribution >= 0.6 is 11.6 Å². The maximum Gasteiger partial charge on any atom is 0.260 e. The van der Waals surface area contributed by atoms with Gasteiger partial charge in [-0.1, -0.05) is 41.9 Å². The zero-order valence-corrected chi connectivity index (χ0v) is 18.9. The summed E-state index contributed by atoms with van der Waals surface area (Å²) in [6, 6.07) is 22.0. The predicted octanol–water partition coefficient (Wildman–Crippen LogP) is 5.23. The molecule has 1 N–H and O–H groups in total. The van der Waals surface area contributed by atoms with Gasteiger partial charge in [0.25, 0.3) is 5.56 Å². The Morgan fingerprint density at radius 2 is 1.73 bits per heavy atom. The molecule has 5 aromatic rings. The Morgan fingerprint density at radius 1 is 0.939 bits per heavy atom. The number of halogens is 1. The van der Waals surface area contributed by atoms with E-state index in [0.29, 0.717) is 22.0 Å². The van der Waals surface area contributed by atoms with Gasteiger partial charge in [0.1, 0.15) is 6.54 Å². The number of fused-ring (bicyclic) bond motifs is 3. The number of imidazole rings is 1. The molecule has 0 saturated carbocycles. The van der Waals surface area contributed by atoms with E-state index < -0.39 is 0 Å². The number of aryl methyl sites for hydroxylation is 2. The SMILES string of the molecule is Cc1ccc(NC(=O)Cn2c3ccccc3n3c(=O)cc(-c4cccc(Cl)c4)nc23)cc1C. The van der Waals surface area contributed by atoms with Crippen LogP contribution in [-0.4, -0.2) is 19.9 Å². The van der Waals surface area contributed by atoms with Crippen LogP contribution in [0.4, 0.5) is 5.69 Å². The summed E-state index contributed by atoms with van der Waals surface area (Å²) in [5.41, 5.74) is 5.45. The van der Waals surface area contributed by atoms with Gasteiger partial charge in [0.05, 0.1) is 16.7 Å². The van der Waals surface area contributed by atoms with E-state index >= 15 is 0 Å². The molecular formula is C26H21ClN4O2. The number of hydrogen-bond donors (Lipinski definition) is 1. The molecule has 6 nitrogen and oxygen atoms in total. The Labute approximate surface area is 195 Å². The first-order valence-electron chi connectivity index (χ1n) is 10.5. The second-order valence-electron chi connectivity index (χ2n) is 8.05. The van der Waals surface area contributed by atoms with Gasteiger partial charge >= 0.3 is 0 Å². The lowest BCUT2D eigenvalue weighted by atomic mass is 10.1. The largest absolute Gasteiger partial charge is 0.325 e. The Balaban J connectivity index is 1.62. The number of rotatable bonds is 4. The van der Waals surface area contributed by atoms with Crippen molar-refractivity contribution in [3.63, 3.8) is 0 Å². The van der Waals surface area contributed by atoms with Crippen LogP contribution in [0.3, 0.4) is 0 Å². The summed E-state index contributed by atoms with van der Waals surface area (Å²) in [6.07, 6.45) is 0. The number of hydrogen-bond acceptors (Lipinski definition) is 3. The van der Waals surface area contributed by atoms with Gasteiger partial charge < -0.3 is 9.88 Å². The van der Waals surface area contributed by atoms with Crippen molar-refractivity contribution in [2.75, 3.05) is 5.32 Å². The highest BCUT2D eigenvalue weighted by Crippen LogP contribution is 2.24. The Bertz CT molecular complexity index is 1600. The van der Waals surface area contributed by atoms with E-state index in [4.69, 9.17) is 16.6 Å². The number of nitrogens with one attached hydrogen (secondary N) is 1. The quantitative estimate of drug-likeness (QED) is 0.403. The fourth-order valence-electron chi connectivity index (χ4n) is 3.98. The molecule has 0 radical (unpaired) electrons. The lowest BCUT2D eigenvalue weighted by Gasteiger charge is -2.10. The number of nitrogens with zero attached hydrogens (tertiary/aromatic N) is 3. The lowest BCUT2D eigenvalue weighted by Crippen LogP contribution is -2.20. The van der Waals surface area contributed by atoms with Crippen molar-refractivity contribution in [1.29, 1.82) is 0 Å². The van der Waals surface area contributed by atoms with Crippen molar-refractivity contribution in [2.24, 2.45) is 0 Å². The van der Waals surface area contributed by atoms with Gasteiger partial charge in [0.2, 0.25) is 11.7 Å². The van der Waals surface area contributed by atoms with E-state index in [1.165, 1.54) is 10.5 Å². The molecule has 164 valence electrons. The third-order valence-electron chi connectivity index (χ3n) is 5.77. The highest BCUT2D eigenvalue weighted by atomic mass is 35.5. The van der Waals surface area contributed by atoms with Crippen LogP contribution in [0, 0.1) is 13.8 Å². The molecule has 0 saturated heterocycles. The molecule has 3 aromatic carbocycles. The number of carbonyl (C=O) groups is 1. The third-order valence-corrected chi connectivity index (χ3v) is 6.00. The minimum atomic E-state index is -0.223. The van der Waals surface area contributed by atoms with E-state index in [1.54, 1.807) is 16.7 Å². The summed E-state index contributed by atoms with van der Waals surface area (Å²) in [4.78, 5) is 30.8. The zero-order valence-electron chi connectivity index (χ0n) is 18.2. The first kappa shape index (κ1) is 21.0. The van der Waals surface area contributed by atoms with Gasteiger partial charge in [-0.3, -0.25) is 9.59 Å². The van der Waals surface area contributed by atoms with Gasteiger partial charge in [-0.15, -0.1) is 0 Å². The second-order valence-corrected chi connectivity index (χ2v) is 8.48. The second kappa shape index (κ2) is 8.22. The standard InChI is InChI=1S/C26H21ClN4O2/c1-16-10-11-20(12-17(16)2)28-24(32)15-30-22-8-3-4-9-23(22)31-25(33)14-21(29-26(30)31)18-6-5-7-19(27)13-18/h3-14H,15H2,1-2H3,(H,28,32). The number of anilines is 1. The van der Waals surface area contributed by atoms with Gasteiger partial charge in [0.15, 0.2) is 0 Å². The Hall–Kier alpha value is -3.90. The topological polar surface area (TPSA) is 68.4 Å². The summed E-state index contributed by atoms with van der Waals surface area (Å²) in [5.74, 6) is 0.192. The fourth-order valence-corrected chi connectivity index (χ4v) is 4.17. The van der Waals surface area contributed by atoms with Crippen LogP contribution in [0.15, 0.2) is 77.6 Å². The van der Waals surface area contributed by atoms with Gasteiger partial charge in [-0.2, -0.15) is 0 Å². The maximum absolute atomic E-state index is 13.1. The zero-order chi connectivity index (χ0) is 23.1. The smallest absolute Gasteiger partial charge is 0.260 e. The van der Waals surface area contributed by atoms with Crippen molar-refractivity contribution in [3.05, 3.63) is 99.3 Å². The van der Waals surface area contributed by atoms with E-state index in [1.807, 2.05) is 68.4 Å². The normalized spacial score (nSPS) is 11.2. The highest BCUT2D eigenvalue weighted by Gasteiger charge is 2.17. The molecule has 0 aliphatic heterocycles. The van der Waals surface area contributed by atoms with Crippen LogP contribution in [-0.2, 0) is 11.3 Å². The van der Waals surface area contributed by atoms with Crippen molar-refractivity contribution in [2.45, 2.75) is 20.4 Å². The molecule has 2 aromatic heterocycles. The summed E-state index contributed by atoms with van der Waals surface area (Å²) >= 11 is 6.15. The van der Waals surface area contributed by atoms with Crippen molar-refractivity contribution in [1.82, 2.24) is 14.0 Å². The number of carbonyl (C=O) groups excluding carboxylic acids is 1. The van der Waals surface area contributed by atoms with Crippen molar-refractivity contribution >= 4 is 40.0 Å². The lowest BCUT2D eigenvalue weighted by molar-refractivity contribution is -0.116. The molecule has 0 fully saturated rings. The van der Waals surface area contributed by atoms with Gasteiger partial charge in [-0.05, 0) is 61.4 Å². The van der Waals surface area contributed by atoms with Crippen molar-refractivity contribution in [3.8, 4) is 11.3 Å². The molecule has 2 heterocycles. The number of para-hydroxylation sites is 2. The summed E-state index contributed by atoms with van der Waals surface area (Å²) < 4.78 is 3.30. The molecule has 0 atom stereocenters. The number of benzene rings is 3. The monoisotopic (exact) mass is 456 g/mol. The summed E-state index contributed by atoms with van der Waals surface area (Å²) in [7, 11) is 0. The Morgan fingerprint density at radius 3 is 2.48 bits per heavy atom. The average molecular weight is 457 g/mol. The summed E-state index contributed by atoms with van der Waals surface area (Å²) in [5, 5.41) is 3.51. The molecule has 0 aliphatic carbocycles. The highest BCUT2D eigenvalue weighted by molar-refractivity contribution is 6.30. The third kappa shape index (κ3) is 3.90. The Kier molecular flexibility index (Phi) is 5.23. The first-order chi connectivity index (χ1) is 15.9. The predicted molar refractivity (Wildman–Crippen MR) is 132 cm³/mol.